The van der Waals surface area contributed by atoms with Gasteiger partial charge in [0.15, 0.2) is 5.96 Å². The average Bonchev–Trinajstić information content (AvgIpc) is 2.97. The zero-order valence-electron chi connectivity index (χ0n) is 18.9. The van der Waals surface area contributed by atoms with E-state index in [2.05, 4.69) is 32.1 Å². The fraction of sp³-hybridized carbons (Fsp3) is 0.682. The first-order chi connectivity index (χ1) is 14.9. The molecule has 1 aromatic carbocycles. The third kappa shape index (κ3) is 8.03. The van der Waals surface area contributed by atoms with Gasteiger partial charge in [-0.05, 0) is 57.2 Å². The zero-order chi connectivity index (χ0) is 22.3. The molecule has 2 saturated heterocycles. The summed E-state index contributed by atoms with van der Waals surface area (Å²) in [5.41, 5.74) is -0.103. The minimum Gasteiger partial charge on any atom is -0.370 e. The fourth-order valence-electron chi connectivity index (χ4n) is 4.12. The number of rotatable bonds is 5. The van der Waals surface area contributed by atoms with E-state index >= 15 is 0 Å². The molecule has 182 valence electrons. The molecule has 0 bridgehead atoms. The number of nitrogens with zero attached hydrogens (tertiary/aromatic N) is 4. The molecular formula is C22H35F3IN5O. The van der Waals surface area contributed by atoms with Gasteiger partial charge < -0.3 is 24.8 Å². The van der Waals surface area contributed by atoms with Crippen LogP contribution in [-0.4, -0.2) is 93.7 Å². The van der Waals surface area contributed by atoms with Gasteiger partial charge in [0.25, 0.3) is 0 Å². The first-order valence-electron chi connectivity index (χ1n) is 11.0. The molecule has 1 atom stereocenters. The molecule has 2 aliphatic rings. The lowest BCUT2D eigenvalue weighted by Gasteiger charge is -2.35. The topological polar surface area (TPSA) is 43.3 Å². The Morgan fingerprint density at radius 1 is 1.19 bits per heavy atom. The molecule has 0 radical (unpaired) electrons. The Morgan fingerprint density at radius 3 is 2.75 bits per heavy atom. The highest BCUT2D eigenvalue weighted by atomic mass is 127. The second-order valence-corrected chi connectivity index (χ2v) is 8.25. The average molecular weight is 569 g/mol. The van der Waals surface area contributed by atoms with Gasteiger partial charge in [0.05, 0.1) is 18.7 Å². The van der Waals surface area contributed by atoms with Crippen LogP contribution in [0.2, 0.25) is 0 Å². The van der Waals surface area contributed by atoms with Gasteiger partial charge in [-0.1, -0.05) is 12.1 Å². The summed E-state index contributed by atoms with van der Waals surface area (Å²) in [7, 11) is 3.91. The number of guanidine groups is 1. The zero-order valence-corrected chi connectivity index (χ0v) is 21.2. The Kier molecular flexibility index (Phi) is 11.0. The molecular weight excluding hydrogens is 534 g/mol. The van der Waals surface area contributed by atoms with E-state index in [1.165, 1.54) is 18.6 Å². The highest BCUT2D eigenvalue weighted by molar-refractivity contribution is 14.0. The standard InChI is InChI=1S/C22H34F3N5O.HI/c1-26-21(27-8-4-10-29-11-5-9-28(2)12-13-29)30-14-15-31-20(17-30)18-6-3-7-19(16-18)22(23,24)25;/h3,6-7,16,20H,4-5,8-15,17H2,1-2H3,(H,26,27);1H. The summed E-state index contributed by atoms with van der Waals surface area (Å²) >= 11 is 0. The third-order valence-electron chi connectivity index (χ3n) is 5.91. The molecule has 1 N–H and O–H groups in total. The van der Waals surface area contributed by atoms with E-state index in [4.69, 9.17) is 4.74 Å². The summed E-state index contributed by atoms with van der Waals surface area (Å²) in [6.45, 7) is 7.95. The number of hydrogen-bond donors (Lipinski definition) is 1. The molecule has 0 spiro atoms. The molecule has 3 rings (SSSR count). The molecule has 0 amide bonds. The highest BCUT2D eigenvalue weighted by Crippen LogP contribution is 2.32. The van der Waals surface area contributed by atoms with Crippen molar-refractivity contribution in [2.24, 2.45) is 4.99 Å². The summed E-state index contributed by atoms with van der Waals surface area (Å²) in [6.07, 6.45) is -2.55. The van der Waals surface area contributed by atoms with E-state index in [0.717, 1.165) is 57.7 Å². The largest absolute Gasteiger partial charge is 0.416 e. The van der Waals surface area contributed by atoms with E-state index in [1.807, 2.05) is 0 Å². The molecule has 0 saturated carbocycles. The van der Waals surface area contributed by atoms with Gasteiger partial charge in [-0.3, -0.25) is 4.99 Å². The molecule has 10 heteroatoms. The van der Waals surface area contributed by atoms with Crippen molar-refractivity contribution in [1.29, 1.82) is 0 Å². The highest BCUT2D eigenvalue weighted by Gasteiger charge is 2.32. The van der Waals surface area contributed by atoms with Crippen molar-refractivity contribution < 1.29 is 17.9 Å². The van der Waals surface area contributed by atoms with E-state index < -0.39 is 17.8 Å². The molecule has 2 heterocycles. The van der Waals surface area contributed by atoms with Crippen molar-refractivity contribution in [1.82, 2.24) is 20.0 Å². The van der Waals surface area contributed by atoms with Crippen LogP contribution in [0.4, 0.5) is 13.2 Å². The molecule has 6 nitrogen and oxygen atoms in total. The lowest BCUT2D eigenvalue weighted by Crippen LogP contribution is -2.48. The monoisotopic (exact) mass is 569 g/mol. The van der Waals surface area contributed by atoms with Crippen molar-refractivity contribution in [3.05, 3.63) is 35.4 Å². The van der Waals surface area contributed by atoms with Crippen LogP contribution in [0.3, 0.4) is 0 Å². The van der Waals surface area contributed by atoms with Crippen molar-refractivity contribution in [2.45, 2.75) is 25.1 Å². The van der Waals surface area contributed by atoms with E-state index in [0.29, 0.717) is 25.3 Å². The van der Waals surface area contributed by atoms with Gasteiger partial charge in [0, 0.05) is 33.2 Å². The minimum absolute atomic E-state index is 0. The third-order valence-corrected chi connectivity index (χ3v) is 5.91. The Bertz CT molecular complexity index is 734. The van der Waals surface area contributed by atoms with Crippen molar-refractivity contribution in [3.8, 4) is 0 Å². The number of aliphatic imine (C=N–C) groups is 1. The number of benzene rings is 1. The summed E-state index contributed by atoms with van der Waals surface area (Å²) in [5.74, 6) is 0.774. The van der Waals surface area contributed by atoms with Crippen LogP contribution in [0, 0.1) is 0 Å². The summed E-state index contributed by atoms with van der Waals surface area (Å²) < 4.78 is 45.0. The lowest BCUT2D eigenvalue weighted by molar-refractivity contribution is -0.137. The van der Waals surface area contributed by atoms with Gasteiger partial charge in [0.1, 0.15) is 6.10 Å². The molecule has 2 fully saturated rings. The number of nitrogens with one attached hydrogen (secondary N) is 1. The predicted molar refractivity (Wildman–Crippen MR) is 132 cm³/mol. The second-order valence-electron chi connectivity index (χ2n) is 8.25. The molecule has 1 unspecified atom stereocenters. The first-order valence-corrected chi connectivity index (χ1v) is 11.0. The van der Waals surface area contributed by atoms with E-state index in [1.54, 1.807) is 13.1 Å². The van der Waals surface area contributed by atoms with Gasteiger partial charge in [-0.25, -0.2) is 0 Å². The maximum Gasteiger partial charge on any atom is 0.416 e. The first kappa shape index (κ1) is 27.1. The quantitative estimate of drug-likeness (QED) is 0.255. The normalized spacial score (nSPS) is 21.7. The van der Waals surface area contributed by atoms with Crippen LogP contribution in [-0.2, 0) is 10.9 Å². The van der Waals surface area contributed by atoms with Gasteiger partial charge in [-0.2, -0.15) is 13.2 Å². The number of likely N-dealkylation sites (N-methyl/N-ethyl adjacent to an activating group) is 1. The van der Waals surface area contributed by atoms with Crippen LogP contribution >= 0.6 is 24.0 Å². The Hall–Kier alpha value is -1.11. The molecule has 0 aromatic heterocycles. The molecule has 0 aliphatic carbocycles. The van der Waals surface area contributed by atoms with Crippen LogP contribution in [0.1, 0.15) is 30.1 Å². The second kappa shape index (κ2) is 13.0. The lowest BCUT2D eigenvalue weighted by atomic mass is 10.0. The summed E-state index contributed by atoms with van der Waals surface area (Å²) in [5, 5.41) is 3.41. The van der Waals surface area contributed by atoms with Crippen molar-refractivity contribution >= 4 is 29.9 Å². The summed E-state index contributed by atoms with van der Waals surface area (Å²) in [4.78, 5) is 11.3. The number of morpholine rings is 1. The van der Waals surface area contributed by atoms with Crippen molar-refractivity contribution in [3.63, 3.8) is 0 Å². The number of hydrogen-bond acceptors (Lipinski definition) is 4. The number of halogens is 4. The predicted octanol–water partition coefficient (Wildman–Crippen LogP) is 3.30. The Balaban J connectivity index is 0.00000363. The van der Waals surface area contributed by atoms with Crippen LogP contribution in [0.15, 0.2) is 29.3 Å². The molecule has 32 heavy (non-hydrogen) atoms. The maximum atomic E-state index is 13.1. The smallest absolute Gasteiger partial charge is 0.370 e. The van der Waals surface area contributed by atoms with Gasteiger partial charge in [0.2, 0.25) is 0 Å². The van der Waals surface area contributed by atoms with Crippen LogP contribution in [0.5, 0.6) is 0 Å². The Morgan fingerprint density at radius 2 is 2.00 bits per heavy atom. The Labute approximate surface area is 206 Å². The van der Waals surface area contributed by atoms with Gasteiger partial charge >= 0.3 is 6.18 Å². The maximum absolute atomic E-state index is 13.1. The molecule has 2 aliphatic heterocycles. The SMILES string of the molecule is CN=C(NCCCN1CCCN(C)CC1)N1CCOC(c2cccc(C(F)(F)F)c2)C1.I. The summed E-state index contributed by atoms with van der Waals surface area (Å²) in [6, 6.07) is 5.41. The molecule has 1 aromatic rings. The van der Waals surface area contributed by atoms with Crippen LogP contribution in [0.25, 0.3) is 0 Å². The number of ether oxygens (including phenoxy) is 1. The minimum atomic E-state index is -4.36. The van der Waals surface area contributed by atoms with E-state index in [-0.39, 0.29) is 24.0 Å². The van der Waals surface area contributed by atoms with Crippen molar-refractivity contribution in [2.75, 3.05) is 73.1 Å². The van der Waals surface area contributed by atoms with Gasteiger partial charge in [-0.15, -0.1) is 24.0 Å². The number of alkyl halides is 3. The van der Waals surface area contributed by atoms with E-state index in [9.17, 15) is 13.2 Å². The fourth-order valence-corrected chi connectivity index (χ4v) is 4.12. The van der Waals surface area contributed by atoms with Crippen LogP contribution < -0.4 is 5.32 Å².